The second-order valence-electron chi connectivity index (χ2n) is 6.30. The third kappa shape index (κ3) is 3.34. The van der Waals surface area contributed by atoms with Crippen molar-refractivity contribution in [2.45, 2.75) is 37.9 Å². The molecule has 0 saturated carbocycles. The summed E-state index contributed by atoms with van der Waals surface area (Å²) < 4.78 is 68.4. The summed E-state index contributed by atoms with van der Waals surface area (Å²) in [5, 5.41) is -0.277. The summed E-state index contributed by atoms with van der Waals surface area (Å²) in [6.45, 7) is 1.51. The Labute approximate surface area is 151 Å². The summed E-state index contributed by atoms with van der Waals surface area (Å²) in [5.41, 5.74) is -0.290. The standard InChI is InChI=1S/C17H15ClF5N3/c1-9-7-10(17(21,22)23)8-26(2)15(9)25-12-3-5-16(19,20)13-11(12)4-6-24-14(13)18/h4,6-8,12H,3,5H2,1-2H3. The predicted molar refractivity (Wildman–Crippen MR) is 85.8 cm³/mol. The van der Waals surface area contributed by atoms with E-state index < -0.39 is 30.1 Å². The number of halogens is 6. The molecule has 2 heterocycles. The lowest BCUT2D eigenvalue weighted by molar-refractivity contribution is -0.138. The smallest absolute Gasteiger partial charge is 0.336 e. The third-order valence-corrected chi connectivity index (χ3v) is 4.68. The lowest BCUT2D eigenvalue weighted by Crippen LogP contribution is -2.28. The van der Waals surface area contributed by atoms with Gasteiger partial charge in [0.05, 0.1) is 17.2 Å². The van der Waals surface area contributed by atoms with Crippen molar-refractivity contribution in [2.24, 2.45) is 12.0 Å². The minimum Gasteiger partial charge on any atom is -0.336 e. The maximum Gasteiger partial charge on any atom is 0.417 e. The molecule has 26 heavy (non-hydrogen) atoms. The molecule has 9 heteroatoms. The van der Waals surface area contributed by atoms with Crippen LogP contribution in [-0.2, 0) is 19.1 Å². The number of aromatic nitrogens is 2. The fourth-order valence-electron chi connectivity index (χ4n) is 3.20. The molecule has 0 aromatic carbocycles. The highest BCUT2D eigenvalue weighted by Crippen LogP contribution is 2.47. The highest BCUT2D eigenvalue weighted by Gasteiger charge is 2.42. The Bertz CT molecular complexity index is 891. The monoisotopic (exact) mass is 391 g/mol. The number of aryl methyl sites for hydroxylation is 2. The maximum absolute atomic E-state index is 14.2. The number of nitrogens with zero attached hydrogens (tertiary/aromatic N) is 3. The first kappa shape index (κ1) is 18.8. The highest BCUT2D eigenvalue weighted by molar-refractivity contribution is 6.30. The molecule has 1 aliphatic rings. The van der Waals surface area contributed by atoms with Crippen molar-refractivity contribution in [1.82, 2.24) is 9.55 Å². The van der Waals surface area contributed by atoms with Crippen molar-refractivity contribution >= 4 is 11.6 Å². The van der Waals surface area contributed by atoms with Crippen LogP contribution in [0.4, 0.5) is 22.0 Å². The summed E-state index contributed by atoms with van der Waals surface area (Å²) in [5.74, 6) is -3.11. The average Bonchev–Trinajstić information content (AvgIpc) is 2.51. The van der Waals surface area contributed by atoms with E-state index in [-0.39, 0.29) is 22.7 Å². The summed E-state index contributed by atoms with van der Waals surface area (Å²) in [6, 6.07) is 1.80. The third-order valence-electron chi connectivity index (χ3n) is 4.39. The van der Waals surface area contributed by atoms with Gasteiger partial charge in [0.25, 0.3) is 5.92 Å². The molecule has 0 fully saturated rings. The summed E-state index contributed by atoms with van der Waals surface area (Å²) in [4.78, 5) is 8.18. The van der Waals surface area contributed by atoms with Gasteiger partial charge in [0, 0.05) is 25.9 Å². The van der Waals surface area contributed by atoms with Crippen LogP contribution < -0.4 is 5.49 Å². The molecule has 2 aromatic rings. The highest BCUT2D eigenvalue weighted by atomic mass is 35.5. The van der Waals surface area contributed by atoms with Gasteiger partial charge in [0.2, 0.25) is 0 Å². The minimum absolute atomic E-state index is 0.0564. The van der Waals surface area contributed by atoms with Gasteiger partial charge in [-0.25, -0.2) is 13.8 Å². The Hall–Kier alpha value is -1.96. The van der Waals surface area contributed by atoms with E-state index in [4.69, 9.17) is 11.6 Å². The lowest BCUT2D eigenvalue weighted by Gasteiger charge is -2.29. The van der Waals surface area contributed by atoms with Crippen LogP contribution in [0.25, 0.3) is 0 Å². The van der Waals surface area contributed by atoms with Crippen LogP contribution >= 0.6 is 11.6 Å². The van der Waals surface area contributed by atoms with E-state index >= 15 is 0 Å². The molecule has 0 N–H and O–H groups in total. The fourth-order valence-corrected chi connectivity index (χ4v) is 3.50. The van der Waals surface area contributed by atoms with E-state index in [1.54, 1.807) is 0 Å². The SMILES string of the molecule is Cc1cc(C(F)(F)F)cn(C)c1=NC1CCC(F)(F)c2c1ccnc2Cl. The average molecular weight is 392 g/mol. The van der Waals surface area contributed by atoms with Gasteiger partial charge in [-0.3, -0.25) is 4.99 Å². The Morgan fingerprint density at radius 2 is 2.04 bits per heavy atom. The quantitative estimate of drug-likeness (QED) is 0.501. The van der Waals surface area contributed by atoms with Crippen LogP contribution in [0, 0.1) is 6.92 Å². The first-order valence-electron chi connectivity index (χ1n) is 7.82. The zero-order valence-electron chi connectivity index (χ0n) is 13.9. The number of hydrogen-bond donors (Lipinski definition) is 0. The van der Waals surface area contributed by atoms with Gasteiger partial charge in [-0.1, -0.05) is 11.6 Å². The molecule has 3 rings (SSSR count). The first-order chi connectivity index (χ1) is 12.0. The Morgan fingerprint density at radius 1 is 1.35 bits per heavy atom. The van der Waals surface area contributed by atoms with Gasteiger partial charge in [0.1, 0.15) is 10.6 Å². The lowest BCUT2D eigenvalue weighted by atomic mass is 9.86. The van der Waals surface area contributed by atoms with Crippen LogP contribution in [0.15, 0.2) is 29.5 Å². The topological polar surface area (TPSA) is 30.2 Å². The molecule has 0 radical (unpaired) electrons. The fraction of sp³-hybridized carbons (Fsp3) is 0.412. The second kappa shape index (κ2) is 6.33. The largest absolute Gasteiger partial charge is 0.417 e. The number of pyridine rings is 2. The minimum atomic E-state index is -4.47. The van der Waals surface area contributed by atoms with Gasteiger partial charge in [-0.15, -0.1) is 0 Å². The number of hydrogen-bond acceptors (Lipinski definition) is 2. The van der Waals surface area contributed by atoms with Crippen molar-refractivity contribution < 1.29 is 22.0 Å². The van der Waals surface area contributed by atoms with Gasteiger partial charge >= 0.3 is 6.18 Å². The van der Waals surface area contributed by atoms with Crippen LogP contribution in [-0.4, -0.2) is 9.55 Å². The molecular weight excluding hydrogens is 377 g/mol. The van der Waals surface area contributed by atoms with E-state index in [1.165, 1.54) is 30.8 Å². The second-order valence-corrected chi connectivity index (χ2v) is 6.66. The normalized spacial score (nSPS) is 20.2. The zero-order valence-corrected chi connectivity index (χ0v) is 14.7. The molecular formula is C17H15ClF5N3. The van der Waals surface area contributed by atoms with E-state index in [2.05, 4.69) is 9.98 Å². The maximum atomic E-state index is 14.2. The summed E-state index contributed by atoms with van der Waals surface area (Å²) in [6.07, 6.45) is -2.61. The van der Waals surface area contributed by atoms with E-state index in [9.17, 15) is 22.0 Å². The number of rotatable bonds is 1. The Morgan fingerprint density at radius 3 is 2.65 bits per heavy atom. The predicted octanol–water partition coefficient (Wildman–Crippen LogP) is 4.93. The van der Waals surface area contributed by atoms with Crippen molar-refractivity contribution in [1.29, 1.82) is 0 Å². The van der Waals surface area contributed by atoms with Crippen molar-refractivity contribution in [3.8, 4) is 0 Å². The molecule has 3 nitrogen and oxygen atoms in total. The number of fused-ring (bicyclic) bond motifs is 1. The van der Waals surface area contributed by atoms with E-state index in [0.717, 1.165) is 12.3 Å². The Kier molecular flexibility index (Phi) is 4.58. The summed E-state index contributed by atoms with van der Waals surface area (Å²) >= 11 is 5.87. The molecule has 140 valence electrons. The van der Waals surface area contributed by atoms with Crippen molar-refractivity contribution in [2.75, 3.05) is 0 Å². The molecule has 0 bridgehead atoms. The van der Waals surface area contributed by atoms with Crippen molar-refractivity contribution in [3.05, 3.63) is 57.4 Å². The van der Waals surface area contributed by atoms with Crippen molar-refractivity contribution in [3.63, 3.8) is 0 Å². The molecule has 0 spiro atoms. The zero-order chi connectivity index (χ0) is 19.3. The van der Waals surface area contributed by atoms with Gasteiger partial charge in [-0.05, 0) is 36.6 Å². The molecule has 1 atom stereocenters. The van der Waals surface area contributed by atoms with Gasteiger partial charge in [0.15, 0.2) is 0 Å². The molecule has 0 amide bonds. The van der Waals surface area contributed by atoms with Gasteiger partial charge in [-0.2, -0.15) is 13.2 Å². The Balaban J connectivity index is 2.14. The van der Waals surface area contributed by atoms with E-state index in [0.29, 0.717) is 11.1 Å². The molecule has 2 aromatic heterocycles. The van der Waals surface area contributed by atoms with Crippen LogP contribution in [0.2, 0.25) is 5.15 Å². The number of alkyl halides is 5. The van der Waals surface area contributed by atoms with Crippen LogP contribution in [0.5, 0.6) is 0 Å². The molecule has 0 aliphatic heterocycles. The molecule has 0 saturated heterocycles. The molecule has 1 unspecified atom stereocenters. The molecule has 1 aliphatic carbocycles. The van der Waals surface area contributed by atoms with E-state index in [1.807, 2.05) is 0 Å². The van der Waals surface area contributed by atoms with Crippen LogP contribution in [0.3, 0.4) is 0 Å². The van der Waals surface area contributed by atoms with Gasteiger partial charge < -0.3 is 4.57 Å². The summed E-state index contributed by atoms with van der Waals surface area (Å²) in [7, 11) is 1.44. The van der Waals surface area contributed by atoms with Crippen LogP contribution in [0.1, 0.15) is 41.1 Å². The first-order valence-corrected chi connectivity index (χ1v) is 8.19.